The Hall–Kier alpha value is -3.57. The van der Waals surface area contributed by atoms with Crippen LogP contribution in [-0.4, -0.2) is 10.9 Å². The van der Waals surface area contributed by atoms with Crippen LogP contribution in [0.25, 0.3) is 10.9 Å². The summed E-state index contributed by atoms with van der Waals surface area (Å²) in [6.45, 7) is 0.264. The lowest BCUT2D eigenvalue weighted by atomic mass is 10.1. The number of nitrogens with two attached hydrogens (primary N) is 1. The van der Waals surface area contributed by atoms with E-state index < -0.39 is 0 Å². The number of carbonyl (C=O) groups is 1. The molecule has 0 saturated heterocycles. The fraction of sp³-hybridized carbons (Fsp3) is 0.0435. The van der Waals surface area contributed by atoms with Crippen LogP contribution in [0.2, 0.25) is 5.02 Å². The first-order chi connectivity index (χ1) is 14.1. The van der Waals surface area contributed by atoms with Crippen molar-refractivity contribution in [1.29, 1.82) is 0 Å². The van der Waals surface area contributed by atoms with Gasteiger partial charge in [0.05, 0.1) is 5.52 Å². The number of carbonyl (C=O) groups excluding carboxylic acids is 1. The summed E-state index contributed by atoms with van der Waals surface area (Å²) >= 11 is 5.90. The number of amides is 1. The molecular formula is C23H18ClN3O2. The molecule has 0 unspecified atom stereocenters. The van der Waals surface area contributed by atoms with Crippen molar-refractivity contribution in [3.8, 4) is 5.75 Å². The van der Waals surface area contributed by atoms with Crippen molar-refractivity contribution in [2.75, 3.05) is 11.1 Å². The summed E-state index contributed by atoms with van der Waals surface area (Å²) in [6.07, 6.45) is 1.66. The molecule has 0 aliphatic carbocycles. The van der Waals surface area contributed by atoms with Gasteiger partial charge in [-0.15, -0.1) is 0 Å². The van der Waals surface area contributed by atoms with Crippen molar-refractivity contribution < 1.29 is 9.53 Å². The third kappa shape index (κ3) is 4.31. The van der Waals surface area contributed by atoms with Crippen LogP contribution in [0.4, 0.5) is 11.4 Å². The molecule has 5 nitrogen and oxygen atoms in total. The first kappa shape index (κ1) is 18.8. The van der Waals surface area contributed by atoms with Gasteiger partial charge < -0.3 is 15.8 Å². The van der Waals surface area contributed by atoms with Gasteiger partial charge in [-0.25, -0.2) is 0 Å². The lowest BCUT2D eigenvalue weighted by molar-refractivity contribution is 0.102. The third-order valence-corrected chi connectivity index (χ3v) is 4.76. The molecule has 144 valence electrons. The number of ether oxygens (including phenoxy) is 1. The van der Waals surface area contributed by atoms with Crippen LogP contribution in [0.5, 0.6) is 5.75 Å². The van der Waals surface area contributed by atoms with Gasteiger partial charge >= 0.3 is 0 Å². The van der Waals surface area contributed by atoms with Gasteiger partial charge in [0.1, 0.15) is 12.4 Å². The number of halogens is 1. The maximum atomic E-state index is 12.9. The Bertz CT molecular complexity index is 1180. The highest BCUT2D eigenvalue weighted by atomic mass is 35.5. The van der Waals surface area contributed by atoms with E-state index in [0.717, 1.165) is 16.5 Å². The molecule has 1 amide bonds. The van der Waals surface area contributed by atoms with Gasteiger partial charge in [-0.05, 0) is 54.6 Å². The van der Waals surface area contributed by atoms with Gasteiger partial charge in [-0.1, -0.05) is 29.8 Å². The van der Waals surface area contributed by atoms with E-state index in [0.29, 0.717) is 27.7 Å². The van der Waals surface area contributed by atoms with E-state index in [1.165, 1.54) is 0 Å². The molecule has 0 saturated carbocycles. The van der Waals surface area contributed by atoms with Gasteiger partial charge in [0, 0.05) is 39.1 Å². The average molecular weight is 404 g/mol. The summed E-state index contributed by atoms with van der Waals surface area (Å²) in [5.74, 6) is 0.462. The average Bonchev–Trinajstić information content (AvgIpc) is 2.74. The van der Waals surface area contributed by atoms with E-state index in [1.54, 1.807) is 48.7 Å². The second-order valence-electron chi connectivity index (χ2n) is 6.49. The maximum absolute atomic E-state index is 12.9. The number of rotatable bonds is 5. The van der Waals surface area contributed by atoms with E-state index in [4.69, 9.17) is 22.1 Å². The molecule has 6 heteroatoms. The first-order valence-corrected chi connectivity index (χ1v) is 9.40. The van der Waals surface area contributed by atoms with Crippen molar-refractivity contribution in [3.63, 3.8) is 0 Å². The molecule has 4 aromatic rings. The number of nitrogens with zero attached hydrogens (tertiary/aromatic N) is 1. The molecule has 0 spiro atoms. The standard InChI is InChI=1S/C23H18ClN3O2/c24-16-5-8-18(9-6-16)29-14-15-3-1-2-4-19(15)23(28)27-17-7-10-22-20(13-17)21(25)11-12-26-22/h1-13H,14H2,(H2,25,26)(H,27,28). The van der Waals surface area contributed by atoms with E-state index in [2.05, 4.69) is 10.3 Å². The highest BCUT2D eigenvalue weighted by Crippen LogP contribution is 2.24. The minimum absolute atomic E-state index is 0.220. The Labute approximate surface area is 173 Å². The number of pyridine rings is 1. The number of nitrogens with one attached hydrogen (secondary N) is 1. The number of hydrogen-bond donors (Lipinski definition) is 2. The second kappa shape index (κ2) is 8.20. The van der Waals surface area contributed by atoms with E-state index in [1.807, 2.05) is 30.3 Å². The van der Waals surface area contributed by atoms with Crippen LogP contribution in [0.15, 0.2) is 79.0 Å². The third-order valence-electron chi connectivity index (χ3n) is 4.50. The van der Waals surface area contributed by atoms with Crippen molar-refractivity contribution in [2.45, 2.75) is 6.61 Å². The quantitative estimate of drug-likeness (QED) is 0.474. The monoisotopic (exact) mass is 403 g/mol. The minimum Gasteiger partial charge on any atom is -0.489 e. The molecule has 0 atom stereocenters. The van der Waals surface area contributed by atoms with Crippen LogP contribution in [0.1, 0.15) is 15.9 Å². The molecule has 1 aromatic heterocycles. The van der Waals surface area contributed by atoms with Crippen molar-refractivity contribution in [2.24, 2.45) is 0 Å². The molecule has 4 rings (SSSR count). The highest BCUT2D eigenvalue weighted by Gasteiger charge is 2.12. The summed E-state index contributed by atoms with van der Waals surface area (Å²) in [5, 5.41) is 4.37. The van der Waals surface area contributed by atoms with Gasteiger partial charge in [-0.2, -0.15) is 0 Å². The predicted octanol–water partition coefficient (Wildman–Crippen LogP) is 5.30. The Balaban J connectivity index is 1.53. The van der Waals surface area contributed by atoms with Crippen molar-refractivity contribution in [1.82, 2.24) is 4.98 Å². The van der Waals surface area contributed by atoms with Crippen LogP contribution in [0, 0.1) is 0 Å². The molecule has 0 aliphatic rings. The Morgan fingerprint density at radius 2 is 1.83 bits per heavy atom. The lowest BCUT2D eigenvalue weighted by Crippen LogP contribution is -2.15. The molecule has 0 aliphatic heterocycles. The van der Waals surface area contributed by atoms with Crippen LogP contribution >= 0.6 is 11.6 Å². The molecule has 0 radical (unpaired) electrons. The Kier molecular flexibility index (Phi) is 5.31. The Morgan fingerprint density at radius 1 is 1.03 bits per heavy atom. The van der Waals surface area contributed by atoms with Crippen LogP contribution < -0.4 is 15.8 Å². The molecular weight excluding hydrogens is 386 g/mol. The van der Waals surface area contributed by atoms with Gasteiger partial charge in [-0.3, -0.25) is 9.78 Å². The van der Waals surface area contributed by atoms with Crippen molar-refractivity contribution >= 4 is 39.8 Å². The minimum atomic E-state index is -0.220. The molecule has 1 heterocycles. The zero-order valence-electron chi connectivity index (χ0n) is 15.4. The van der Waals surface area contributed by atoms with Gasteiger partial charge in [0.2, 0.25) is 0 Å². The van der Waals surface area contributed by atoms with Crippen molar-refractivity contribution in [3.05, 3.63) is 95.1 Å². The maximum Gasteiger partial charge on any atom is 0.256 e. The second-order valence-corrected chi connectivity index (χ2v) is 6.92. The zero-order chi connectivity index (χ0) is 20.2. The van der Waals surface area contributed by atoms with Crippen LogP contribution in [-0.2, 0) is 6.61 Å². The number of nitrogen functional groups attached to an aromatic ring is 1. The fourth-order valence-corrected chi connectivity index (χ4v) is 3.13. The topological polar surface area (TPSA) is 77.2 Å². The Morgan fingerprint density at radius 3 is 2.66 bits per heavy atom. The predicted molar refractivity (Wildman–Crippen MR) is 116 cm³/mol. The smallest absolute Gasteiger partial charge is 0.256 e. The van der Waals surface area contributed by atoms with Crippen LogP contribution in [0.3, 0.4) is 0 Å². The lowest BCUT2D eigenvalue weighted by Gasteiger charge is -2.12. The highest BCUT2D eigenvalue weighted by molar-refractivity contribution is 6.30. The summed E-state index contributed by atoms with van der Waals surface area (Å²) in [5.41, 5.74) is 9.38. The molecule has 3 N–H and O–H groups in total. The summed E-state index contributed by atoms with van der Waals surface area (Å²) in [6, 6.07) is 21.6. The summed E-state index contributed by atoms with van der Waals surface area (Å²) < 4.78 is 5.80. The SMILES string of the molecule is Nc1ccnc2ccc(NC(=O)c3ccccc3COc3ccc(Cl)cc3)cc12. The normalized spacial score (nSPS) is 10.7. The largest absolute Gasteiger partial charge is 0.489 e. The summed E-state index contributed by atoms with van der Waals surface area (Å²) in [4.78, 5) is 17.2. The van der Waals surface area contributed by atoms with E-state index in [-0.39, 0.29) is 12.5 Å². The number of hydrogen-bond acceptors (Lipinski definition) is 4. The van der Waals surface area contributed by atoms with E-state index >= 15 is 0 Å². The fourth-order valence-electron chi connectivity index (χ4n) is 3.00. The molecule has 3 aromatic carbocycles. The van der Waals surface area contributed by atoms with E-state index in [9.17, 15) is 4.79 Å². The molecule has 0 bridgehead atoms. The number of fused-ring (bicyclic) bond motifs is 1. The number of aromatic nitrogens is 1. The van der Waals surface area contributed by atoms with Gasteiger partial charge in [0.25, 0.3) is 5.91 Å². The molecule has 0 fully saturated rings. The number of anilines is 2. The summed E-state index contributed by atoms with van der Waals surface area (Å²) in [7, 11) is 0. The molecule has 29 heavy (non-hydrogen) atoms. The first-order valence-electron chi connectivity index (χ1n) is 9.02. The number of benzene rings is 3. The van der Waals surface area contributed by atoms with Gasteiger partial charge in [0.15, 0.2) is 0 Å². The zero-order valence-corrected chi connectivity index (χ0v) is 16.2.